The highest BCUT2D eigenvalue weighted by molar-refractivity contribution is 7.10. The van der Waals surface area contributed by atoms with E-state index in [1.807, 2.05) is 6.07 Å². The van der Waals surface area contributed by atoms with Crippen LogP contribution in [0.1, 0.15) is 28.5 Å². The molecule has 23 heavy (non-hydrogen) atoms. The fourth-order valence-electron chi connectivity index (χ4n) is 2.89. The summed E-state index contributed by atoms with van der Waals surface area (Å²) in [6.07, 6.45) is 0.937. The summed E-state index contributed by atoms with van der Waals surface area (Å²) in [5, 5.41) is 3.18. The predicted molar refractivity (Wildman–Crippen MR) is 95.2 cm³/mol. The van der Waals surface area contributed by atoms with Crippen molar-refractivity contribution in [2.24, 2.45) is 0 Å². The molecule has 3 rings (SSSR count). The summed E-state index contributed by atoms with van der Waals surface area (Å²) >= 11 is 1.80. The standard InChI is InChI=1S/C19H21NO2S/c1-4-14-5-6-16-15(10-19(21)22-17(16)9-14)11-20(3)12-18-13(2)7-8-23-18/h5-10H,4,11-12H2,1-3H3/p+1. The monoisotopic (exact) mass is 328 g/mol. The Kier molecular flexibility index (Phi) is 4.64. The third-order valence-electron chi connectivity index (χ3n) is 4.23. The Labute approximate surface area is 140 Å². The molecule has 0 amide bonds. The van der Waals surface area contributed by atoms with Crippen LogP contribution < -0.4 is 10.5 Å². The third-order valence-corrected chi connectivity index (χ3v) is 5.25. The number of nitrogens with one attached hydrogen (secondary N) is 1. The average Bonchev–Trinajstić information content (AvgIpc) is 2.91. The molecule has 2 heterocycles. The normalized spacial score (nSPS) is 12.7. The van der Waals surface area contributed by atoms with E-state index in [-0.39, 0.29) is 5.63 Å². The van der Waals surface area contributed by atoms with Crippen LogP contribution >= 0.6 is 11.3 Å². The number of rotatable bonds is 5. The van der Waals surface area contributed by atoms with Gasteiger partial charge in [0.25, 0.3) is 0 Å². The summed E-state index contributed by atoms with van der Waals surface area (Å²) in [5.41, 5.74) is 4.03. The molecular formula is C19H22NO2S+. The van der Waals surface area contributed by atoms with Crippen LogP contribution in [0.5, 0.6) is 0 Å². The molecule has 0 saturated carbocycles. The third kappa shape index (κ3) is 3.54. The Bertz CT molecular complexity index is 878. The van der Waals surface area contributed by atoms with Crippen LogP contribution in [-0.2, 0) is 19.5 Å². The van der Waals surface area contributed by atoms with Crippen LogP contribution in [0, 0.1) is 6.92 Å². The van der Waals surface area contributed by atoms with Crippen molar-refractivity contribution < 1.29 is 9.32 Å². The summed E-state index contributed by atoms with van der Waals surface area (Å²) in [5.74, 6) is 0. The van der Waals surface area contributed by atoms with E-state index in [2.05, 4.69) is 44.5 Å². The Morgan fingerprint density at radius 3 is 2.70 bits per heavy atom. The predicted octanol–water partition coefficient (Wildman–Crippen LogP) is 2.94. The maximum absolute atomic E-state index is 11.9. The van der Waals surface area contributed by atoms with E-state index in [0.717, 1.165) is 30.5 Å². The Hall–Kier alpha value is -1.91. The van der Waals surface area contributed by atoms with E-state index in [1.54, 1.807) is 17.4 Å². The minimum absolute atomic E-state index is 0.263. The summed E-state index contributed by atoms with van der Waals surface area (Å²) in [6, 6.07) is 9.98. The van der Waals surface area contributed by atoms with E-state index < -0.39 is 0 Å². The Balaban J connectivity index is 1.90. The molecule has 0 spiro atoms. The first-order valence-corrected chi connectivity index (χ1v) is 8.84. The highest BCUT2D eigenvalue weighted by atomic mass is 32.1. The van der Waals surface area contributed by atoms with Crippen LogP contribution in [0.25, 0.3) is 11.0 Å². The summed E-state index contributed by atoms with van der Waals surface area (Å²) in [4.78, 5) is 14.7. The number of benzene rings is 1. The second-order valence-corrected chi connectivity index (χ2v) is 7.11. The molecular weight excluding hydrogens is 306 g/mol. The lowest BCUT2D eigenvalue weighted by Crippen LogP contribution is -3.06. The van der Waals surface area contributed by atoms with Crippen molar-refractivity contribution in [3.63, 3.8) is 0 Å². The molecule has 1 N–H and O–H groups in total. The number of aryl methyl sites for hydroxylation is 2. The fourth-order valence-corrected chi connectivity index (χ4v) is 3.91. The second kappa shape index (κ2) is 6.69. The maximum Gasteiger partial charge on any atom is 0.336 e. The van der Waals surface area contributed by atoms with Gasteiger partial charge in [-0.3, -0.25) is 0 Å². The second-order valence-electron chi connectivity index (χ2n) is 6.11. The van der Waals surface area contributed by atoms with Crippen LogP contribution in [0.4, 0.5) is 0 Å². The van der Waals surface area contributed by atoms with E-state index in [9.17, 15) is 4.79 Å². The summed E-state index contributed by atoms with van der Waals surface area (Å²) < 4.78 is 5.39. The molecule has 0 radical (unpaired) electrons. The molecule has 1 unspecified atom stereocenters. The lowest BCUT2D eigenvalue weighted by atomic mass is 10.1. The van der Waals surface area contributed by atoms with Gasteiger partial charge < -0.3 is 9.32 Å². The minimum atomic E-state index is -0.263. The first-order chi connectivity index (χ1) is 11.1. The number of thiophene rings is 1. The number of fused-ring (bicyclic) bond motifs is 1. The molecule has 0 saturated heterocycles. The minimum Gasteiger partial charge on any atom is -0.423 e. The molecule has 0 fully saturated rings. The van der Waals surface area contributed by atoms with Crippen molar-refractivity contribution >= 4 is 22.3 Å². The highest BCUT2D eigenvalue weighted by Crippen LogP contribution is 2.19. The summed E-state index contributed by atoms with van der Waals surface area (Å²) in [7, 11) is 2.17. The van der Waals surface area contributed by atoms with Crippen molar-refractivity contribution in [3.05, 3.63) is 67.7 Å². The van der Waals surface area contributed by atoms with Crippen molar-refractivity contribution in [1.29, 1.82) is 0 Å². The van der Waals surface area contributed by atoms with Crippen LogP contribution in [-0.4, -0.2) is 7.05 Å². The molecule has 0 aliphatic carbocycles. The van der Waals surface area contributed by atoms with Gasteiger partial charge >= 0.3 is 5.63 Å². The zero-order valence-electron chi connectivity index (χ0n) is 13.8. The van der Waals surface area contributed by atoms with Crippen molar-refractivity contribution in [3.8, 4) is 0 Å². The lowest BCUT2D eigenvalue weighted by molar-refractivity contribution is -0.907. The molecule has 120 valence electrons. The first-order valence-electron chi connectivity index (χ1n) is 7.96. The van der Waals surface area contributed by atoms with Gasteiger partial charge in [-0.15, -0.1) is 11.3 Å². The summed E-state index contributed by atoms with van der Waals surface area (Å²) in [6.45, 7) is 6.03. The fraction of sp³-hybridized carbons (Fsp3) is 0.316. The van der Waals surface area contributed by atoms with E-state index in [1.165, 1.54) is 20.9 Å². The van der Waals surface area contributed by atoms with E-state index in [4.69, 9.17) is 4.42 Å². The molecule has 0 bridgehead atoms. The van der Waals surface area contributed by atoms with Gasteiger partial charge in [-0.2, -0.15) is 0 Å². The van der Waals surface area contributed by atoms with Gasteiger partial charge in [-0.25, -0.2) is 4.79 Å². The molecule has 2 aromatic heterocycles. The molecule has 4 heteroatoms. The van der Waals surface area contributed by atoms with E-state index >= 15 is 0 Å². The number of hydrogen-bond acceptors (Lipinski definition) is 3. The Morgan fingerprint density at radius 2 is 2.00 bits per heavy atom. The van der Waals surface area contributed by atoms with Crippen LogP contribution in [0.3, 0.4) is 0 Å². The van der Waals surface area contributed by atoms with Crippen molar-refractivity contribution in [2.45, 2.75) is 33.4 Å². The van der Waals surface area contributed by atoms with Gasteiger partial charge in [-0.1, -0.05) is 19.1 Å². The van der Waals surface area contributed by atoms with Gasteiger partial charge in [0.2, 0.25) is 0 Å². The molecule has 3 aromatic rings. The highest BCUT2D eigenvalue weighted by Gasteiger charge is 2.13. The smallest absolute Gasteiger partial charge is 0.336 e. The molecule has 3 nitrogen and oxygen atoms in total. The SMILES string of the molecule is CCc1ccc2c(C[NH+](C)Cc3sccc3C)cc(=O)oc2c1. The van der Waals surface area contributed by atoms with Gasteiger partial charge in [0, 0.05) is 17.0 Å². The van der Waals surface area contributed by atoms with Gasteiger partial charge in [0.15, 0.2) is 0 Å². The van der Waals surface area contributed by atoms with Crippen LogP contribution in [0.15, 0.2) is 44.9 Å². The molecule has 1 aromatic carbocycles. The zero-order valence-corrected chi connectivity index (χ0v) is 14.6. The maximum atomic E-state index is 11.9. The van der Waals surface area contributed by atoms with Gasteiger partial charge in [-0.05, 0) is 42.0 Å². The van der Waals surface area contributed by atoms with Crippen molar-refractivity contribution in [1.82, 2.24) is 0 Å². The Morgan fingerprint density at radius 1 is 1.17 bits per heavy atom. The van der Waals surface area contributed by atoms with Gasteiger partial charge in [0.05, 0.1) is 11.9 Å². The molecule has 0 aliphatic rings. The molecule has 0 aliphatic heterocycles. The van der Waals surface area contributed by atoms with Gasteiger partial charge in [0.1, 0.15) is 18.7 Å². The number of hydrogen-bond donors (Lipinski definition) is 1. The van der Waals surface area contributed by atoms with Crippen LogP contribution in [0.2, 0.25) is 0 Å². The average molecular weight is 328 g/mol. The van der Waals surface area contributed by atoms with E-state index in [0.29, 0.717) is 5.58 Å². The molecule has 1 atom stereocenters. The zero-order chi connectivity index (χ0) is 16.4. The largest absolute Gasteiger partial charge is 0.423 e. The topological polar surface area (TPSA) is 34.7 Å². The quantitative estimate of drug-likeness (QED) is 0.731. The number of quaternary nitrogens is 1. The first kappa shape index (κ1) is 16.0. The van der Waals surface area contributed by atoms with Crippen molar-refractivity contribution in [2.75, 3.05) is 7.05 Å². The lowest BCUT2D eigenvalue weighted by Gasteiger charge is -2.15.